The molecular formula is C16H11ClN4. The fraction of sp³-hybridized carbons (Fsp3) is 0.0625. The van der Waals surface area contributed by atoms with Crippen LogP contribution in [0.4, 0.5) is 0 Å². The Morgan fingerprint density at radius 3 is 2.57 bits per heavy atom. The van der Waals surface area contributed by atoms with E-state index in [1.165, 1.54) is 0 Å². The zero-order valence-electron chi connectivity index (χ0n) is 11.3. The molecule has 5 heteroatoms. The lowest BCUT2D eigenvalue weighted by Gasteiger charge is -2.09. The maximum atomic E-state index is 9.27. The van der Waals surface area contributed by atoms with Crippen LogP contribution in [0.5, 0.6) is 0 Å². The van der Waals surface area contributed by atoms with Crippen molar-refractivity contribution in [2.24, 2.45) is 0 Å². The van der Waals surface area contributed by atoms with E-state index in [0.29, 0.717) is 16.4 Å². The van der Waals surface area contributed by atoms with Crippen LogP contribution in [-0.4, -0.2) is 15.0 Å². The molecule has 0 aliphatic carbocycles. The second-order valence-electron chi connectivity index (χ2n) is 4.61. The van der Waals surface area contributed by atoms with Gasteiger partial charge in [0.1, 0.15) is 11.8 Å². The first-order chi connectivity index (χ1) is 10.2. The van der Waals surface area contributed by atoms with Gasteiger partial charge in [0.15, 0.2) is 5.69 Å². The number of rotatable bonds is 2. The fourth-order valence-corrected chi connectivity index (χ4v) is 2.46. The Balaban J connectivity index is 2.26. The van der Waals surface area contributed by atoms with Crippen molar-refractivity contribution in [3.05, 3.63) is 64.8 Å². The molecule has 1 heterocycles. The van der Waals surface area contributed by atoms with Gasteiger partial charge in [-0.2, -0.15) is 5.26 Å². The van der Waals surface area contributed by atoms with Crippen LogP contribution in [0, 0.1) is 18.3 Å². The van der Waals surface area contributed by atoms with Crippen LogP contribution in [0.1, 0.15) is 11.3 Å². The molecule has 0 radical (unpaired) electrons. The molecular weight excluding hydrogens is 284 g/mol. The molecule has 0 bridgehead atoms. The minimum absolute atomic E-state index is 0.301. The summed E-state index contributed by atoms with van der Waals surface area (Å²) in [7, 11) is 0. The van der Waals surface area contributed by atoms with Crippen molar-refractivity contribution in [1.82, 2.24) is 15.0 Å². The molecule has 2 aromatic carbocycles. The number of nitriles is 1. The van der Waals surface area contributed by atoms with Gasteiger partial charge >= 0.3 is 0 Å². The molecule has 0 spiro atoms. The minimum atomic E-state index is 0.301. The molecule has 0 saturated heterocycles. The molecule has 0 aliphatic rings. The monoisotopic (exact) mass is 294 g/mol. The first-order valence-electron chi connectivity index (χ1n) is 6.38. The lowest BCUT2D eigenvalue weighted by molar-refractivity contribution is 0.802. The number of aromatic nitrogens is 3. The largest absolute Gasteiger partial charge is 0.211 e. The smallest absolute Gasteiger partial charge is 0.191 e. The van der Waals surface area contributed by atoms with E-state index in [2.05, 4.69) is 16.4 Å². The molecule has 0 N–H and O–H groups in total. The van der Waals surface area contributed by atoms with Gasteiger partial charge in [-0.3, -0.25) is 0 Å². The van der Waals surface area contributed by atoms with Crippen LogP contribution in [0.15, 0.2) is 48.5 Å². The van der Waals surface area contributed by atoms with E-state index in [9.17, 15) is 5.26 Å². The molecule has 1 aromatic heterocycles. The number of halogens is 1. The van der Waals surface area contributed by atoms with Crippen LogP contribution >= 0.6 is 11.6 Å². The topological polar surface area (TPSA) is 54.5 Å². The zero-order chi connectivity index (χ0) is 14.8. The highest BCUT2D eigenvalue weighted by Crippen LogP contribution is 2.27. The highest BCUT2D eigenvalue weighted by molar-refractivity contribution is 6.30. The maximum Gasteiger partial charge on any atom is 0.191 e. The number of benzene rings is 2. The van der Waals surface area contributed by atoms with E-state index >= 15 is 0 Å². The van der Waals surface area contributed by atoms with Gasteiger partial charge < -0.3 is 0 Å². The van der Waals surface area contributed by atoms with Crippen molar-refractivity contribution in [3.8, 4) is 23.0 Å². The molecule has 3 rings (SSSR count). The van der Waals surface area contributed by atoms with E-state index in [1.54, 1.807) is 10.7 Å². The summed E-state index contributed by atoms with van der Waals surface area (Å²) in [6.07, 6.45) is 0. The van der Waals surface area contributed by atoms with Gasteiger partial charge in [-0.05, 0) is 30.7 Å². The summed E-state index contributed by atoms with van der Waals surface area (Å²) >= 11 is 6.00. The van der Waals surface area contributed by atoms with Crippen LogP contribution < -0.4 is 0 Å². The summed E-state index contributed by atoms with van der Waals surface area (Å²) in [4.78, 5) is 0. The molecule has 0 atom stereocenters. The highest BCUT2D eigenvalue weighted by atomic mass is 35.5. The Bertz CT molecular complexity index is 831. The van der Waals surface area contributed by atoms with E-state index in [-0.39, 0.29) is 0 Å². The normalized spacial score (nSPS) is 10.3. The van der Waals surface area contributed by atoms with E-state index in [4.69, 9.17) is 11.6 Å². The molecule has 0 aliphatic heterocycles. The predicted molar refractivity (Wildman–Crippen MR) is 81.3 cm³/mol. The molecule has 4 nitrogen and oxygen atoms in total. The van der Waals surface area contributed by atoms with Gasteiger partial charge in [0.05, 0.1) is 5.69 Å². The Labute approximate surface area is 127 Å². The van der Waals surface area contributed by atoms with Gasteiger partial charge in [-0.1, -0.05) is 47.1 Å². The third-order valence-electron chi connectivity index (χ3n) is 3.21. The summed E-state index contributed by atoms with van der Waals surface area (Å²) in [5.74, 6) is 0. The van der Waals surface area contributed by atoms with Crippen molar-refractivity contribution in [3.63, 3.8) is 0 Å². The first-order valence-corrected chi connectivity index (χ1v) is 6.76. The molecule has 0 amide bonds. The quantitative estimate of drug-likeness (QED) is 0.723. The van der Waals surface area contributed by atoms with E-state index < -0.39 is 0 Å². The van der Waals surface area contributed by atoms with Crippen LogP contribution in [-0.2, 0) is 0 Å². The van der Waals surface area contributed by atoms with Crippen LogP contribution in [0.2, 0.25) is 5.02 Å². The van der Waals surface area contributed by atoms with Crippen molar-refractivity contribution in [2.45, 2.75) is 6.92 Å². The third-order valence-corrected chi connectivity index (χ3v) is 3.45. The van der Waals surface area contributed by atoms with Crippen molar-refractivity contribution >= 4 is 11.6 Å². The maximum absolute atomic E-state index is 9.27. The molecule has 0 fully saturated rings. The van der Waals surface area contributed by atoms with Crippen molar-refractivity contribution < 1.29 is 0 Å². The van der Waals surface area contributed by atoms with E-state index in [0.717, 1.165) is 16.8 Å². The Hall–Kier alpha value is -2.64. The summed E-state index contributed by atoms with van der Waals surface area (Å²) in [6.45, 7) is 1.95. The van der Waals surface area contributed by atoms with Crippen LogP contribution in [0.3, 0.4) is 0 Å². The number of hydrogen-bond donors (Lipinski definition) is 0. The fourth-order valence-electron chi connectivity index (χ4n) is 2.24. The molecule has 0 unspecified atom stereocenters. The Morgan fingerprint density at radius 2 is 1.90 bits per heavy atom. The highest BCUT2D eigenvalue weighted by Gasteiger charge is 2.17. The van der Waals surface area contributed by atoms with Gasteiger partial charge in [0.25, 0.3) is 0 Å². The average molecular weight is 295 g/mol. The van der Waals surface area contributed by atoms with Gasteiger partial charge in [0, 0.05) is 10.6 Å². The summed E-state index contributed by atoms with van der Waals surface area (Å²) in [5.41, 5.74) is 3.70. The molecule has 0 saturated carbocycles. The average Bonchev–Trinajstić information content (AvgIpc) is 2.92. The summed E-state index contributed by atoms with van der Waals surface area (Å²) < 4.78 is 1.68. The molecule has 102 valence electrons. The summed E-state index contributed by atoms with van der Waals surface area (Å²) in [5, 5.41) is 18.0. The predicted octanol–water partition coefficient (Wildman–Crippen LogP) is 3.77. The number of nitrogens with zero attached hydrogens (tertiary/aromatic N) is 4. The standard InChI is InChI=1S/C16H11ClN4/c1-11-9-13(17)7-8-15(11)21-16(14(10-18)19-20-21)12-5-3-2-4-6-12/h2-9H,1H3. The van der Waals surface area contributed by atoms with Crippen molar-refractivity contribution in [2.75, 3.05) is 0 Å². The Kier molecular flexibility index (Phi) is 3.43. The number of hydrogen-bond acceptors (Lipinski definition) is 3. The van der Waals surface area contributed by atoms with Crippen molar-refractivity contribution in [1.29, 1.82) is 5.26 Å². The lowest BCUT2D eigenvalue weighted by Crippen LogP contribution is -2.02. The summed E-state index contributed by atoms with van der Waals surface area (Å²) in [6, 6.07) is 17.3. The van der Waals surface area contributed by atoms with Gasteiger partial charge in [-0.15, -0.1) is 5.10 Å². The second kappa shape index (κ2) is 5.39. The van der Waals surface area contributed by atoms with Crippen LogP contribution in [0.25, 0.3) is 16.9 Å². The Morgan fingerprint density at radius 1 is 1.14 bits per heavy atom. The SMILES string of the molecule is Cc1cc(Cl)ccc1-n1nnc(C#N)c1-c1ccccc1. The third kappa shape index (κ3) is 2.39. The van der Waals surface area contributed by atoms with Gasteiger partial charge in [0.2, 0.25) is 0 Å². The zero-order valence-corrected chi connectivity index (χ0v) is 12.0. The molecule has 21 heavy (non-hydrogen) atoms. The lowest BCUT2D eigenvalue weighted by atomic mass is 10.1. The minimum Gasteiger partial charge on any atom is -0.211 e. The first kappa shape index (κ1) is 13.3. The second-order valence-corrected chi connectivity index (χ2v) is 5.04. The van der Waals surface area contributed by atoms with E-state index in [1.807, 2.05) is 49.4 Å². The van der Waals surface area contributed by atoms with Gasteiger partial charge in [-0.25, -0.2) is 4.68 Å². The number of aryl methyl sites for hydroxylation is 1. The molecule has 3 aromatic rings.